The molecule has 0 unspecified atom stereocenters. The highest BCUT2D eigenvalue weighted by atomic mass is 19.1. The number of unbranched alkanes of at least 4 members (excludes halogenated alkanes) is 13. The molecular weight excluding hydrogens is 779 g/mol. The number of halogens is 2. The Hall–Kier alpha value is -5.12. The van der Waals surface area contributed by atoms with Crippen molar-refractivity contribution in [1.29, 1.82) is 0 Å². The van der Waals surface area contributed by atoms with Crippen LogP contribution in [-0.4, -0.2) is 38.4 Å². The number of carbonyl (C=O) groups excluding carboxylic acids is 2. The molecule has 8 nitrogen and oxygen atoms in total. The fourth-order valence-corrected chi connectivity index (χ4v) is 6.07. The number of rotatable bonds is 29. The molecule has 0 bridgehead atoms. The van der Waals surface area contributed by atoms with Gasteiger partial charge in [-0.2, -0.15) is 0 Å². The van der Waals surface area contributed by atoms with Crippen molar-refractivity contribution in [2.75, 3.05) is 26.4 Å². The van der Waals surface area contributed by atoms with Gasteiger partial charge in [0.1, 0.15) is 23.0 Å². The molecule has 4 aromatic carbocycles. The van der Waals surface area contributed by atoms with Gasteiger partial charge in [0.15, 0.2) is 23.1 Å². The van der Waals surface area contributed by atoms with Gasteiger partial charge in [-0.15, -0.1) is 0 Å². The molecule has 0 aliphatic heterocycles. The first-order chi connectivity index (χ1) is 29.8. The van der Waals surface area contributed by atoms with Crippen molar-refractivity contribution in [3.05, 3.63) is 108 Å². The predicted octanol–water partition coefficient (Wildman–Crippen LogP) is 14.3. The summed E-state index contributed by atoms with van der Waals surface area (Å²) >= 11 is 0. The van der Waals surface area contributed by atoms with E-state index >= 15 is 0 Å². The van der Waals surface area contributed by atoms with Crippen LogP contribution >= 0.6 is 0 Å². The Morgan fingerprint density at radius 2 is 0.721 bits per heavy atom. The lowest BCUT2D eigenvalue weighted by Crippen LogP contribution is -2.09. The summed E-state index contributed by atoms with van der Waals surface area (Å²) < 4.78 is 61.2. The summed E-state index contributed by atoms with van der Waals surface area (Å²) in [5.41, 5.74) is 0.751. The largest absolute Gasteiger partial charge is 0.494 e. The molecule has 0 spiro atoms. The highest BCUT2D eigenvalue weighted by Crippen LogP contribution is 2.26. The standard InChI is InChI=1S/C26H35FO4.C25H33FO4/c1-3-5-7-8-9-10-11-19-30-25-17-16-23(20-24(25)27)31-26(28)21-12-14-22(15-13-21)29-18-6-4-2;1-3-5-6-7-8-9-10-18-29-24-16-15-22(19-23(24)26)30-25(27)20-11-13-21(14-12-20)28-17-4-2/h12-17,20H,3-11,18-19H2,1-2H3;11-16,19H,3-10,17-18H2,1-2H3. The second kappa shape index (κ2) is 30.8. The molecule has 334 valence electrons. The van der Waals surface area contributed by atoms with Crippen LogP contribution in [0.2, 0.25) is 0 Å². The number of ether oxygens (including phenoxy) is 6. The summed E-state index contributed by atoms with van der Waals surface area (Å²) in [7, 11) is 0. The monoisotopic (exact) mass is 846 g/mol. The van der Waals surface area contributed by atoms with Gasteiger partial charge in [-0.25, -0.2) is 18.4 Å². The topological polar surface area (TPSA) is 89.5 Å². The third kappa shape index (κ3) is 20.8. The molecule has 0 aromatic heterocycles. The summed E-state index contributed by atoms with van der Waals surface area (Å²) in [6, 6.07) is 21.9. The average Bonchev–Trinajstić information content (AvgIpc) is 3.26. The second-order valence-electron chi connectivity index (χ2n) is 15.0. The van der Waals surface area contributed by atoms with E-state index < -0.39 is 23.6 Å². The van der Waals surface area contributed by atoms with Gasteiger partial charge in [0, 0.05) is 12.1 Å². The third-order valence-electron chi connectivity index (χ3n) is 9.66. The Kier molecular flexibility index (Phi) is 25.4. The van der Waals surface area contributed by atoms with E-state index in [2.05, 4.69) is 20.8 Å². The van der Waals surface area contributed by atoms with Crippen LogP contribution in [0.3, 0.4) is 0 Å². The van der Waals surface area contributed by atoms with Crippen molar-refractivity contribution < 1.29 is 46.8 Å². The molecule has 61 heavy (non-hydrogen) atoms. The van der Waals surface area contributed by atoms with Crippen molar-refractivity contribution >= 4 is 11.9 Å². The number of benzene rings is 4. The zero-order chi connectivity index (χ0) is 43.9. The van der Waals surface area contributed by atoms with Crippen molar-refractivity contribution in [3.63, 3.8) is 0 Å². The molecule has 10 heteroatoms. The van der Waals surface area contributed by atoms with Gasteiger partial charge in [0.25, 0.3) is 0 Å². The van der Waals surface area contributed by atoms with E-state index in [0.717, 1.165) is 44.9 Å². The molecular formula is C51H68F2O8. The van der Waals surface area contributed by atoms with Crippen LogP contribution in [0.25, 0.3) is 0 Å². The summed E-state index contributed by atoms with van der Waals surface area (Å²) in [6.07, 6.45) is 19.4. The van der Waals surface area contributed by atoms with Crippen molar-refractivity contribution in [2.45, 2.75) is 137 Å². The van der Waals surface area contributed by atoms with E-state index in [1.165, 1.54) is 88.5 Å². The first-order valence-corrected chi connectivity index (χ1v) is 22.5. The minimum atomic E-state index is -0.548. The Balaban J connectivity index is 0.000000325. The van der Waals surface area contributed by atoms with E-state index in [-0.39, 0.29) is 23.0 Å². The van der Waals surface area contributed by atoms with E-state index in [4.69, 9.17) is 28.4 Å². The van der Waals surface area contributed by atoms with Crippen LogP contribution in [-0.2, 0) is 0 Å². The van der Waals surface area contributed by atoms with Crippen LogP contribution in [0.5, 0.6) is 34.5 Å². The van der Waals surface area contributed by atoms with Crippen molar-refractivity contribution in [1.82, 2.24) is 0 Å². The highest BCUT2D eigenvalue weighted by molar-refractivity contribution is 5.91. The van der Waals surface area contributed by atoms with E-state index in [9.17, 15) is 18.4 Å². The molecule has 0 fully saturated rings. The van der Waals surface area contributed by atoms with E-state index in [0.29, 0.717) is 49.1 Å². The molecule has 0 heterocycles. The Morgan fingerprint density at radius 1 is 0.377 bits per heavy atom. The van der Waals surface area contributed by atoms with Crippen LogP contribution < -0.4 is 28.4 Å². The molecule has 0 saturated heterocycles. The molecule has 0 aliphatic rings. The number of esters is 2. The predicted molar refractivity (Wildman–Crippen MR) is 239 cm³/mol. The maximum absolute atomic E-state index is 14.3. The van der Waals surface area contributed by atoms with Gasteiger partial charge in [-0.1, -0.05) is 111 Å². The van der Waals surface area contributed by atoms with E-state index in [1.807, 2.05) is 6.92 Å². The smallest absolute Gasteiger partial charge is 0.343 e. The minimum absolute atomic E-state index is 0.145. The van der Waals surface area contributed by atoms with Crippen LogP contribution in [0.15, 0.2) is 84.9 Å². The van der Waals surface area contributed by atoms with Crippen molar-refractivity contribution in [3.8, 4) is 34.5 Å². The normalized spacial score (nSPS) is 10.7. The molecule has 4 rings (SSSR count). The molecule has 4 aromatic rings. The molecule has 0 amide bonds. The zero-order valence-electron chi connectivity index (χ0n) is 37.0. The lowest BCUT2D eigenvalue weighted by atomic mass is 10.1. The fourth-order valence-electron chi connectivity index (χ4n) is 6.07. The van der Waals surface area contributed by atoms with Crippen LogP contribution in [0.1, 0.15) is 158 Å². The Bertz CT molecular complexity index is 1800. The van der Waals surface area contributed by atoms with Gasteiger partial charge in [-0.3, -0.25) is 0 Å². The number of hydrogen-bond acceptors (Lipinski definition) is 8. The first-order valence-electron chi connectivity index (χ1n) is 22.5. The molecule has 0 radical (unpaired) electrons. The van der Waals surface area contributed by atoms with Gasteiger partial charge >= 0.3 is 11.9 Å². The SMILES string of the molecule is CCCCCCCCCOc1ccc(OC(=O)c2ccc(OCCC)cc2)cc1F.CCCCCCCCCOc1ccc(OC(=O)c2ccc(OCCCC)cc2)cc1F. The molecule has 0 N–H and O–H groups in total. The first kappa shape index (κ1) is 50.2. The zero-order valence-corrected chi connectivity index (χ0v) is 37.0. The third-order valence-corrected chi connectivity index (χ3v) is 9.66. The number of hydrogen-bond donors (Lipinski definition) is 0. The van der Waals surface area contributed by atoms with Crippen LogP contribution in [0.4, 0.5) is 8.78 Å². The van der Waals surface area contributed by atoms with Gasteiger partial charge in [0.2, 0.25) is 0 Å². The fraction of sp³-hybridized carbons (Fsp3) is 0.490. The lowest BCUT2D eigenvalue weighted by Gasteiger charge is -2.10. The number of carbonyl (C=O) groups is 2. The minimum Gasteiger partial charge on any atom is -0.494 e. The maximum Gasteiger partial charge on any atom is 0.343 e. The summed E-state index contributed by atoms with van der Waals surface area (Å²) in [5.74, 6) is -0.108. The molecule has 0 saturated carbocycles. The summed E-state index contributed by atoms with van der Waals surface area (Å²) in [6.45, 7) is 10.8. The van der Waals surface area contributed by atoms with Crippen LogP contribution in [0, 0.1) is 11.6 Å². The summed E-state index contributed by atoms with van der Waals surface area (Å²) in [4.78, 5) is 24.6. The highest BCUT2D eigenvalue weighted by Gasteiger charge is 2.14. The van der Waals surface area contributed by atoms with Gasteiger partial charge < -0.3 is 28.4 Å². The quantitative estimate of drug-likeness (QED) is 0.0303. The van der Waals surface area contributed by atoms with Gasteiger partial charge in [0.05, 0.1) is 37.6 Å². The Labute approximate surface area is 363 Å². The summed E-state index contributed by atoms with van der Waals surface area (Å²) in [5, 5.41) is 0. The van der Waals surface area contributed by atoms with E-state index in [1.54, 1.807) is 60.7 Å². The molecule has 0 atom stereocenters. The van der Waals surface area contributed by atoms with Crippen molar-refractivity contribution in [2.24, 2.45) is 0 Å². The lowest BCUT2D eigenvalue weighted by molar-refractivity contribution is 0.0724. The van der Waals surface area contributed by atoms with Gasteiger partial charge in [-0.05, 0) is 98.5 Å². The second-order valence-corrected chi connectivity index (χ2v) is 15.0. The Morgan fingerprint density at radius 3 is 1.10 bits per heavy atom. The average molecular weight is 847 g/mol. The molecule has 0 aliphatic carbocycles. The maximum atomic E-state index is 14.3.